The van der Waals surface area contributed by atoms with Crippen molar-refractivity contribution < 1.29 is 12.7 Å². The zero-order valence-electron chi connectivity index (χ0n) is 10.3. The first-order valence-corrected chi connectivity index (χ1v) is 6.92. The largest absolute Gasteiger partial charge is 0.264 e. The van der Waals surface area contributed by atoms with E-state index < -0.39 is 6.43 Å². The minimum atomic E-state index is -2.58. The van der Waals surface area contributed by atoms with Gasteiger partial charge >= 0.3 is 0 Å². The van der Waals surface area contributed by atoms with Gasteiger partial charge in [0.1, 0.15) is 17.2 Å². The lowest BCUT2D eigenvalue weighted by Gasteiger charge is -2.27. The topological polar surface area (TPSA) is 12.9 Å². The van der Waals surface area contributed by atoms with Crippen LogP contribution in [0.2, 0.25) is 0 Å². The molecule has 5 heteroatoms. The predicted octanol–water partition coefficient (Wildman–Crippen LogP) is 5.22. The van der Waals surface area contributed by atoms with Crippen molar-refractivity contribution in [3.8, 4) is 0 Å². The van der Waals surface area contributed by atoms with Gasteiger partial charge in [0.05, 0.1) is 0 Å². The number of halogens is 3. The molecule has 1 aromatic rings. The highest BCUT2D eigenvalue weighted by Crippen LogP contribution is 2.44. The second-order valence-corrected chi connectivity index (χ2v) is 5.42. The lowest BCUT2D eigenvalue weighted by Crippen LogP contribution is -2.22. The molecule has 18 heavy (non-hydrogen) atoms. The molecule has 100 valence electrons. The van der Waals surface area contributed by atoms with Crippen molar-refractivity contribution in [1.82, 2.24) is 4.98 Å². The summed E-state index contributed by atoms with van der Waals surface area (Å²) < 4.78 is 38.3. The van der Waals surface area contributed by atoms with Gasteiger partial charge in [0, 0.05) is 16.7 Å². The maximum atomic E-state index is 12.8. The number of hydrogen-bond acceptors (Lipinski definition) is 2. The molecule has 0 radical (unpaired) electrons. The molecule has 1 aromatic heterocycles. The van der Waals surface area contributed by atoms with E-state index in [9.17, 15) is 12.7 Å². The quantitative estimate of drug-likeness (QED) is 0.747. The molecule has 1 aliphatic rings. The van der Waals surface area contributed by atoms with Crippen molar-refractivity contribution in [3.05, 3.63) is 23.4 Å². The smallest absolute Gasteiger partial charge is 0.243 e. The molecule has 0 bridgehead atoms. The Morgan fingerprint density at radius 3 is 2.50 bits per heavy atom. The highest BCUT2D eigenvalue weighted by atomic mass is 32.2. The van der Waals surface area contributed by atoms with Gasteiger partial charge in [-0.2, -0.15) is 3.89 Å². The fraction of sp³-hybridized carbons (Fsp3) is 0.615. The molecule has 0 spiro atoms. The Morgan fingerprint density at radius 2 is 2.00 bits per heavy atom. The van der Waals surface area contributed by atoms with Crippen molar-refractivity contribution in [2.45, 2.75) is 55.9 Å². The van der Waals surface area contributed by atoms with Gasteiger partial charge < -0.3 is 0 Å². The molecule has 0 amide bonds. The first-order chi connectivity index (χ1) is 8.61. The van der Waals surface area contributed by atoms with Crippen LogP contribution >= 0.6 is 12.1 Å². The van der Waals surface area contributed by atoms with E-state index >= 15 is 0 Å². The molecule has 1 nitrogen and oxygen atoms in total. The minimum absolute atomic E-state index is 0.0440. The van der Waals surface area contributed by atoms with E-state index in [0.29, 0.717) is 5.69 Å². The van der Waals surface area contributed by atoms with Crippen LogP contribution in [0, 0.1) is 0 Å². The molecule has 0 unspecified atom stereocenters. The summed E-state index contributed by atoms with van der Waals surface area (Å²) in [4.78, 5) is 4.21. The number of rotatable bonds is 4. The van der Waals surface area contributed by atoms with Gasteiger partial charge in [-0.15, -0.1) is 0 Å². The van der Waals surface area contributed by atoms with E-state index in [1.54, 1.807) is 0 Å². The first-order valence-electron chi connectivity index (χ1n) is 6.20. The maximum absolute atomic E-state index is 12.8. The van der Waals surface area contributed by atoms with Crippen molar-refractivity contribution in [2.24, 2.45) is 0 Å². The summed E-state index contributed by atoms with van der Waals surface area (Å²) in [5.41, 5.74) is 0.385. The fourth-order valence-electron chi connectivity index (χ4n) is 2.81. The summed E-state index contributed by atoms with van der Waals surface area (Å²) >= 11 is -0.0619. The summed E-state index contributed by atoms with van der Waals surface area (Å²) in [7, 11) is 0. The number of pyridine rings is 1. The van der Waals surface area contributed by atoms with Crippen LogP contribution in [-0.4, -0.2) is 4.98 Å². The average Bonchev–Trinajstić information content (AvgIpc) is 2.88. The van der Waals surface area contributed by atoms with Crippen molar-refractivity contribution in [3.63, 3.8) is 0 Å². The Bertz CT molecular complexity index is 417. The second kappa shape index (κ2) is 5.51. The van der Waals surface area contributed by atoms with Crippen molar-refractivity contribution >= 4 is 12.1 Å². The molecule has 1 aliphatic carbocycles. The van der Waals surface area contributed by atoms with E-state index in [1.807, 2.05) is 6.92 Å². The van der Waals surface area contributed by atoms with Crippen LogP contribution in [0.15, 0.2) is 17.2 Å². The monoisotopic (exact) mass is 275 g/mol. The molecule has 1 saturated carbocycles. The van der Waals surface area contributed by atoms with E-state index in [2.05, 4.69) is 4.98 Å². The summed E-state index contributed by atoms with van der Waals surface area (Å²) in [6, 6.07) is 2.59. The van der Waals surface area contributed by atoms with Crippen LogP contribution in [-0.2, 0) is 5.41 Å². The van der Waals surface area contributed by atoms with Crippen molar-refractivity contribution in [2.75, 3.05) is 0 Å². The molecule has 1 fully saturated rings. The zero-order valence-corrected chi connectivity index (χ0v) is 11.1. The Morgan fingerprint density at radius 1 is 1.33 bits per heavy atom. The number of aromatic nitrogens is 1. The third kappa shape index (κ3) is 2.51. The molecular weight excluding hydrogens is 259 g/mol. The second-order valence-electron chi connectivity index (χ2n) is 4.84. The Kier molecular flexibility index (Phi) is 4.20. The van der Waals surface area contributed by atoms with Gasteiger partial charge in [-0.1, -0.05) is 19.8 Å². The molecular formula is C13H16F3NS. The van der Waals surface area contributed by atoms with Gasteiger partial charge in [-0.25, -0.2) is 13.8 Å². The Balaban J connectivity index is 2.45. The minimum Gasteiger partial charge on any atom is -0.243 e. The standard InChI is InChI=1S/C13H16F3NS/c1-2-13(5-3-4-6-13)10-7-9(12(14)15)8-11(17-10)18-16/h7-8,12H,2-6H2,1H3. The third-order valence-electron chi connectivity index (χ3n) is 3.94. The van der Waals surface area contributed by atoms with Gasteiger partial charge in [-0.3, -0.25) is 0 Å². The molecule has 0 saturated heterocycles. The van der Waals surface area contributed by atoms with Crippen LogP contribution in [0.4, 0.5) is 12.7 Å². The summed E-state index contributed by atoms with van der Waals surface area (Å²) in [5.74, 6) is 0. The van der Waals surface area contributed by atoms with Gasteiger partial charge in [0.25, 0.3) is 6.43 Å². The maximum Gasteiger partial charge on any atom is 0.264 e. The van der Waals surface area contributed by atoms with E-state index in [-0.39, 0.29) is 28.2 Å². The van der Waals surface area contributed by atoms with Crippen molar-refractivity contribution in [1.29, 1.82) is 0 Å². The number of alkyl halides is 2. The van der Waals surface area contributed by atoms with Crippen LogP contribution in [0.1, 0.15) is 56.7 Å². The van der Waals surface area contributed by atoms with E-state index in [4.69, 9.17) is 0 Å². The average molecular weight is 275 g/mol. The molecule has 0 aliphatic heterocycles. The van der Waals surface area contributed by atoms with Crippen LogP contribution < -0.4 is 0 Å². The SMILES string of the molecule is CCC1(c2cc(C(F)F)cc(SF)n2)CCCC1. The summed E-state index contributed by atoms with van der Waals surface area (Å²) in [6.07, 6.45) is 2.38. The highest BCUT2D eigenvalue weighted by Gasteiger charge is 2.36. The Hall–Kier alpha value is -0.710. The molecule has 0 aromatic carbocycles. The van der Waals surface area contributed by atoms with Crippen LogP contribution in [0.5, 0.6) is 0 Å². The van der Waals surface area contributed by atoms with Gasteiger partial charge in [0.2, 0.25) is 0 Å². The number of hydrogen-bond donors (Lipinski definition) is 0. The molecule has 1 heterocycles. The normalized spacial score (nSPS) is 18.5. The van der Waals surface area contributed by atoms with Crippen LogP contribution in [0.3, 0.4) is 0 Å². The first kappa shape index (κ1) is 13.7. The fourth-order valence-corrected chi connectivity index (χ4v) is 3.12. The lowest BCUT2D eigenvalue weighted by atomic mass is 9.79. The van der Waals surface area contributed by atoms with Crippen LogP contribution in [0.25, 0.3) is 0 Å². The lowest BCUT2D eigenvalue weighted by molar-refractivity contribution is 0.150. The zero-order chi connectivity index (χ0) is 13.2. The van der Waals surface area contributed by atoms with Gasteiger partial charge in [0.15, 0.2) is 0 Å². The molecule has 0 atom stereocenters. The Labute approximate surface area is 109 Å². The van der Waals surface area contributed by atoms with E-state index in [0.717, 1.165) is 38.2 Å². The van der Waals surface area contributed by atoms with E-state index in [1.165, 1.54) is 6.07 Å². The summed E-state index contributed by atoms with van der Waals surface area (Å²) in [6.45, 7) is 2.05. The predicted molar refractivity (Wildman–Crippen MR) is 66.6 cm³/mol. The molecule has 0 N–H and O–H groups in total. The summed E-state index contributed by atoms with van der Waals surface area (Å²) in [5, 5.41) is 0.0440. The third-order valence-corrected chi connectivity index (χ3v) is 4.30. The van der Waals surface area contributed by atoms with Gasteiger partial charge in [-0.05, 0) is 31.4 Å². The highest BCUT2D eigenvalue weighted by molar-refractivity contribution is 7.94. The molecule has 2 rings (SSSR count). The number of nitrogens with zero attached hydrogens (tertiary/aromatic N) is 1.